The quantitative estimate of drug-likeness (QED) is 0.658. The van der Waals surface area contributed by atoms with E-state index in [1.54, 1.807) is 11.3 Å². The number of rotatable bonds is 5. The van der Waals surface area contributed by atoms with Crippen LogP contribution in [0, 0.1) is 0 Å². The lowest BCUT2D eigenvalue weighted by Gasteiger charge is -2.43. The second-order valence-electron chi connectivity index (χ2n) is 5.40. The second kappa shape index (κ2) is 6.42. The van der Waals surface area contributed by atoms with E-state index in [9.17, 15) is 0 Å². The van der Waals surface area contributed by atoms with Crippen LogP contribution in [-0.2, 0) is 9.47 Å². The van der Waals surface area contributed by atoms with Crippen LogP contribution in [0.1, 0.15) is 31.4 Å². The third kappa shape index (κ3) is 2.72. The Bertz CT molecular complexity index is 587. The third-order valence-corrected chi connectivity index (χ3v) is 5.26. The van der Waals surface area contributed by atoms with Gasteiger partial charge >= 0.3 is 0 Å². The van der Waals surface area contributed by atoms with Gasteiger partial charge in [0.1, 0.15) is 0 Å². The average molecular weight is 306 g/mol. The second-order valence-corrected chi connectivity index (χ2v) is 6.31. The summed E-state index contributed by atoms with van der Waals surface area (Å²) >= 11 is 1.76. The van der Waals surface area contributed by atoms with Crippen molar-refractivity contribution in [2.75, 3.05) is 19.8 Å². The molecule has 0 radical (unpaired) electrons. The first kappa shape index (κ1) is 14.9. The maximum absolute atomic E-state index is 6.19. The highest BCUT2D eigenvalue weighted by Crippen LogP contribution is 2.40. The van der Waals surface area contributed by atoms with E-state index in [0.29, 0.717) is 6.61 Å². The van der Waals surface area contributed by atoms with Crippen LogP contribution in [0.5, 0.6) is 0 Å². The van der Waals surface area contributed by atoms with Gasteiger partial charge in [0.2, 0.25) is 0 Å². The number of fused-ring (bicyclic) bond motifs is 1. The minimum atomic E-state index is -0.292. The fourth-order valence-corrected chi connectivity index (χ4v) is 4.23. The first-order chi connectivity index (χ1) is 10.3. The molecule has 114 valence electrons. The number of benzene rings is 1. The van der Waals surface area contributed by atoms with E-state index in [1.807, 2.05) is 6.92 Å². The molecule has 1 fully saturated rings. The Balaban J connectivity index is 2.04. The van der Waals surface area contributed by atoms with E-state index < -0.39 is 0 Å². The van der Waals surface area contributed by atoms with Crippen LogP contribution in [0.25, 0.3) is 10.1 Å². The molecule has 0 saturated carbocycles. The zero-order valence-electron chi connectivity index (χ0n) is 12.3. The summed E-state index contributed by atoms with van der Waals surface area (Å²) in [6.45, 7) is 4.16. The Morgan fingerprint density at radius 1 is 1.38 bits per heavy atom. The summed E-state index contributed by atoms with van der Waals surface area (Å²) in [7, 11) is 0. The normalized spacial score (nSPS) is 19.7. The largest absolute Gasteiger partial charge is 0.381 e. The Labute approximate surface area is 129 Å². The minimum Gasteiger partial charge on any atom is -0.381 e. The molecule has 0 bridgehead atoms. The van der Waals surface area contributed by atoms with Gasteiger partial charge in [-0.1, -0.05) is 18.2 Å². The lowest BCUT2D eigenvalue weighted by molar-refractivity contribution is -0.127. The molecule has 0 amide bonds. The van der Waals surface area contributed by atoms with Gasteiger partial charge in [-0.05, 0) is 29.3 Å². The van der Waals surface area contributed by atoms with Crippen molar-refractivity contribution in [3.63, 3.8) is 0 Å². The first-order valence-corrected chi connectivity index (χ1v) is 8.32. The van der Waals surface area contributed by atoms with Gasteiger partial charge in [-0.2, -0.15) is 0 Å². The van der Waals surface area contributed by atoms with Crippen LogP contribution in [0.2, 0.25) is 0 Å². The lowest BCUT2D eigenvalue weighted by Crippen LogP contribution is -2.51. The minimum absolute atomic E-state index is 0.0244. The van der Waals surface area contributed by atoms with Crippen LogP contribution >= 0.6 is 11.3 Å². The molecule has 3 N–H and O–H groups in total. The van der Waals surface area contributed by atoms with E-state index in [-0.39, 0.29) is 11.6 Å². The van der Waals surface area contributed by atoms with Gasteiger partial charge in [-0.3, -0.25) is 11.3 Å². The van der Waals surface area contributed by atoms with E-state index in [1.165, 1.54) is 15.6 Å². The van der Waals surface area contributed by atoms with Crippen LogP contribution in [0.4, 0.5) is 0 Å². The van der Waals surface area contributed by atoms with E-state index in [0.717, 1.165) is 26.1 Å². The summed E-state index contributed by atoms with van der Waals surface area (Å²) < 4.78 is 13.0. The summed E-state index contributed by atoms with van der Waals surface area (Å²) in [5, 5.41) is 3.38. The zero-order chi connectivity index (χ0) is 14.7. The Morgan fingerprint density at radius 3 is 2.90 bits per heavy atom. The van der Waals surface area contributed by atoms with Crippen molar-refractivity contribution < 1.29 is 9.47 Å². The molecule has 1 atom stereocenters. The summed E-state index contributed by atoms with van der Waals surface area (Å²) in [6, 6.07) is 8.51. The van der Waals surface area contributed by atoms with Gasteiger partial charge in [0.25, 0.3) is 0 Å². The molecular formula is C16H22N2O2S. The Morgan fingerprint density at radius 2 is 2.19 bits per heavy atom. The van der Waals surface area contributed by atoms with Crippen molar-refractivity contribution in [3.8, 4) is 0 Å². The summed E-state index contributed by atoms with van der Waals surface area (Å²) in [5.74, 6) is 5.94. The molecule has 2 heterocycles. The molecule has 1 saturated heterocycles. The van der Waals surface area contributed by atoms with Crippen LogP contribution in [0.15, 0.2) is 29.6 Å². The van der Waals surface area contributed by atoms with Crippen LogP contribution in [0.3, 0.4) is 0 Å². The highest BCUT2D eigenvalue weighted by atomic mass is 32.1. The number of hydrogen-bond acceptors (Lipinski definition) is 5. The van der Waals surface area contributed by atoms with E-state index in [4.69, 9.17) is 15.3 Å². The fourth-order valence-electron chi connectivity index (χ4n) is 3.29. The Hall–Kier alpha value is -0.980. The fraction of sp³-hybridized carbons (Fsp3) is 0.500. The van der Waals surface area contributed by atoms with Crippen molar-refractivity contribution in [1.82, 2.24) is 5.43 Å². The molecule has 1 aromatic heterocycles. The van der Waals surface area contributed by atoms with Crippen molar-refractivity contribution >= 4 is 21.4 Å². The molecule has 1 aliphatic rings. The summed E-state index contributed by atoms with van der Waals surface area (Å²) in [5.41, 5.74) is 3.95. The van der Waals surface area contributed by atoms with Gasteiger partial charge in [0.15, 0.2) is 0 Å². The zero-order valence-corrected chi connectivity index (χ0v) is 13.1. The molecular weight excluding hydrogens is 284 g/mol. The molecule has 1 unspecified atom stereocenters. The van der Waals surface area contributed by atoms with Crippen molar-refractivity contribution in [2.45, 2.75) is 31.4 Å². The van der Waals surface area contributed by atoms with Crippen molar-refractivity contribution in [1.29, 1.82) is 0 Å². The molecule has 4 nitrogen and oxygen atoms in total. The van der Waals surface area contributed by atoms with Gasteiger partial charge in [0, 0.05) is 37.4 Å². The van der Waals surface area contributed by atoms with E-state index >= 15 is 0 Å². The number of thiophene rings is 1. The smallest absolute Gasteiger partial charge is 0.0933 e. The molecule has 3 rings (SSSR count). The molecule has 0 spiro atoms. The maximum atomic E-state index is 6.19. The molecule has 5 heteroatoms. The molecule has 0 aliphatic carbocycles. The SMILES string of the molecule is CCOC1(C(NN)c2cccc3ccsc23)CCOCC1. The number of nitrogens with two attached hydrogens (primary N) is 1. The highest BCUT2D eigenvalue weighted by molar-refractivity contribution is 7.17. The standard InChI is InChI=1S/C16H22N2O2S/c1-2-20-16(7-9-19-10-8-16)15(18-17)13-5-3-4-12-6-11-21-14(12)13/h3-6,11,15,18H,2,7-10,17H2,1H3. The number of ether oxygens (including phenoxy) is 2. The topological polar surface area (TPSA) is 56.5 Å². The lowest BCUT2D eigenvalue weighted by atomic mass is 9.82. The van der Waals surface area contributed by atoms with Gasteiger partial charge in [-0.25, -0.2) is 0 Å². The Kier molecular flexibility index (Phi) is 4.57. The maximum Gasteiger partial charge on any atom is 0.0933 e. The predicted molar refractivity (Wildman–Crippen MR) is 86.3 cm³/mol. The van der Waals surface area contributed by atoms with Crippen LogP contribution in [-0.4, -0.2) is 25.4 Å². The van der Waals surface area contributed by atoms with Crippen LogP contribution < -0.4 is 11.3 Å². The third-order valence-electron chi connectivity index (χ3n) is 4.28. The van der Waals surface area contributed by atoms with Gasteiger partial charge in [0.05, 0.1) is 11.6 Å². The number of hydrogen-bond donors (Lipinski definition) is 2. The highest BCUT2D eigenvalue weighted by Gasteiger charge is 2.42. The summed E-state index contributed by atoms with van der Waals surface area (Å²) in [6.07, 6.45) is 1.72. The molecule has 21 heavy (non-hydrogen) atoms. The van der Waals surface area contributed by atoms with Gasteiger partial charge < -0.3 is 9.47 Å². The van der Waals surface area contributed by atoms with Crippen molar-refractivity contribution in [2.24, 2.45) is 5.84 Å². The van der Waals surface area contributed by atoms with E-state index in [2.05, 4.69) is 35.1 Å². The number of hydrazine groups is 1. The van der Waals surface area contributed by atoms with Crippen molar-refractivity contribution in [3.05, 3.63) is 35.2 Å². The monoisotopic (exact) mass is 306 g/mol. The number of nitrogens with one attached hydrogen (secondary N) is 1. The van der Waals surface area contributed by atoms with Gasteiger partial charge in [-0.15, -0.1) is 11.3 Å². The summed E-state index contributed by atoms with van der Waals surface area (Å²) in [4.78, 5) is 0. The first-order valence-electron chi connectivity index (χ1n) is 7.44. The molecule has 1 aliphatic heterocycles. The average Bonchev–Trinajstić information content (AvgIpc) is 2.98. The molecule has 2 aromatic rings. The molecule has 1 aromatic carbocycles. The predicted octanol–water partition coefficient (Wildman–Crippen LogP) is 2.99.